The topological polar surface area (TPSA) is 66.9 Å². The highest BCUT2D eigenvalue weighted by atomic mass is 35.5. The third-order valence-corrected chi connectivity index (χ3v) is 5.33. The Morgan fingerprint density at radius 2 is 1.89 bits per heavy atom. The SMILES string of the molecule is COc1ccccc1CN(C)C(=O)CN(c1ccc(F)c(Cl)c1)S(C)(=O)=O. The Morgan fingerprint density at radius 3 is 2.48 bits per heavy atom. The van der Waals surface area contributed by atoms with E-state index in [1.54, 1.807) is 13.1 Å². The van der Waals surface area contributed by atoms with Crippen molar-refractivity contribution in [3.8, 4) is 5.75 Å². The lowest BCUT2D eigenvalue weighted by atomic mass is 10.2. The normalized spacial score (nSPS) is 11.1. The van der Waals surface area contributed by atoms with Crippen LogP contribution >= 0.6 is 11.6 Å². The van der Waals surface area contributed by atoms with Crippen LogP contribution in [0.5, 0.6) is 5.75 Å². The van der Waals surface area contributed by atoms with Crippen LogP contribution in [0.1, 0.15) is 5.56 Å². The summed E-state index contributed by atoms with van der Waals surface area (Å²) in [6.45, 7) is -0.197. The predicted molar refractivity (Wildman–Crippen MR) is 103 cm³/mol. The molecule has 2 aromatic carbocycles. The Hall–Kier alpha value is -2.32. The third-order valence-electron chi connectivity index (χ3n) is 3.90. The number of rotatable bonds is 7. The molecule has 0 aliphatic heterocycles. The summed E-state index contributed by atoms with van der Waals surface area (Å²) in [5.74, 6) is -0.484. The van der Waals surface area contributed by atoms with Crippen LogP contribution < -0.4 is 9.04 Å². The lowest BCUT2D eigenvalue weighted by molar-refractivity contribution is -0.128. The van der Waals surface area contributed by atoms with E-state index in [4.69, 9.17) is 16.3 Å². The van der Waals surface area contributed by atoms with E-state index in [9.17, 15) is 17.6 Å². The predicted octanol–water partition coefficient (Wildman–Crippen LogP) is 2.91. The number of benzene rings is 2. The van der Waals surface area contributed by atoms with Crippen LogP contribution in [0, 0.1) is 5.82 Å². The second-order valence-corrected chi connectivity index (χ2v) is 8.24. The molecule has 6 nitrogen and oxygen atoms in total. The molecule has 2 aromatic rings. The molecule has 146 valence electrons. The van der Waals surface area contributed by atoms with E-state index in [2.05, 4.69) is 0 Å². The van der Waals surface area contributed by atoms with Gasteiger partial charge in [-0.05, 0) is 24.3 Å². The van der Waals surface area contributed by atoms with Crippen LogP contribution in [0.15, 0.2) is 42.5 Å². The van der Waals surface area contributed by atoms with Gasteiger partial charge in [-0.25, -0.2) is 12.8 Å². The van der Waals surface area contributed by atoms with E-state index in [1.165, 1.54) is 24.1 Å². The van der Waals surface area contributed by atoms with E-state index in [1.807, 2.05) is 18.2 Å². The maximum absolute atomic E-state index is 13.4. The van der Waals surface area contributed by atoms with Gasteiger partial charge in [-0.2, -0.15) is 0 Å². The molecule has 0 radical (unpaired) electrons. The van der Waals surface area contributed by atoms with Crippen molar-refractivity contribution in [2.24, 2.45) is 0 Å². The fourth-order valence-corrected chi connectivity index (χ4v) is 3.48. The summed E-state index contributed by atoms with van der Waals surface area (Å²) in [4.78, 5) is 14.0. The molecule has 1 amide bonds. The van der Waals surface area contributed by atoms with E-state index in [-0.39, 0.29) is 17.3 Å². The zero-order chi connectivity index (χ0) is 20.2. The van der Waals surface area contributed by atoms with Gasteiger partial charge in [0.1, 0.15) is 18.1 Å². The monoisotopic (exact) mass is 414 g/mol. The van der Waals surface area contributed by atoms with Crippen molar-refractivity contribution in [1.29, 1.82) is 0 Å². The van der Waals surface area contributed by atoms with Gasteiger partial charge in [0, 0.05) is 19.2 Å². The van der Waals surface area contributed by atoms with Crippen LogP contribution in [0.2, 0.25) is 5.02 Å². The number of hydrogen-bond acceptors (Lipinski definition) is 4. The molecule has 0 unspecified atom stereocenters. The Kier molecular flexibility index (Phi) is 6.67. The van der Waals surface area contributed by atoms with Crippen LogP contribution in [-0.2, 0) is 21.4 Å². The molecular weight excluding hydrogens is 395 g/mol. The third kappa shape index (κ3) is 5.33. The summed E-state index contributed by atoms with van der Waals surface area (Å²) in [6.07, 6.45) is 0.970. The first-order valence-electron chi connectivity index (χ1n) is 7.92. The maximum Gasteiger partial charge on any atom is 0.243 e. The van der Waals surface area contributed by atoms with Gasteiger partial charge in [-0.1, -0.05) is 29.8 Å². The highest BCUT2D eigenvalue weighted by Gasteiger charge is 2.24. The number of methoxy groups -OCH3 is 1. The molecule has 0 aromatic heterocycles. The number of hydrogen-bond donors (Lipinski definition) is 0. The van der Waals surface area contributed by atoms with Gasteiger partial charge in [-0.3, -0.25) is 9.10 Å². The summed E-state index contributed by atoms with van der Waals surface area (Å²) in [5.41, 5.74) is 0.898. The summed E-state index contributed by atoms with van der Waals surface area (Å²) in [5, 5.41) is -0.226. The van der Waals surface area contributed by atoms with E-state index < -0.39 is 28.3 Å². The lowest BCUT2D eigenvalue weighted by Crippen LogP contribution is -2.41. The van der Waals surface area contributed by atoms with Crippen LogP contribution in [0.4, 0.5) is 10.1 Å². The molecular formula is C18H20ClFN2O4S. The zero-order valence-corrected chi connectivity index (χ0v) is 16.7. The number of carbonyl (C=O) groups is 1. The molecule has 0 atom stereocenters. The average molecular weight is 415 g/mol. The minimum atomic E-state index is -3.78. The van der Waals surface area contributed by atoms with Crippen molar-refractivity contribution < 1.29 is 22.3 Å². The summed E-state index contributed by atoms with van der Waals surface area (Å²) < 4.78 is 43.8. The number of nitrogens with zero attached hydrogens (tertiary/aromatic N) is 2. The lowest BCUT2D eigenvalue weighted by Gasteiger charge is -2.25. The molecule has 0 aliphatic carbocycles. The zero-order valence-electron chi connectivity index (χ0n) is 15.1. The maximum atomic E-state index is 13.4. The number of halogens is 2. The number of anilines is 1. The molecule has 0 heterocycles. The largest absolute Gasteiger partial charge is 0.496 e. The van der Waals surface area contributed by atoms with E-state index in [0.717, 1.165) is 22.2 Å². The van der Waals surface area contributed by atoms with Crippen molar-refractivity contribution in [3.05, 3.63) is 58.9 Å². The van der Waals surface area contributed by atoms with Crippen LogP contribution in [-0.4, -0.2) is 46.2 Å². The molecule has 9 heteroatoms. The fourth-order valence-electron chi connectivity index (χ4n) is 2.46. The summed E-state index contributed by atoms with van der Waals surface area (Å²) in [7, 11) is -0.687. The molecule has 2 rings (SSSR count). The highest BCUT2D eigenvalue weighted by Crippen LogP contribution is 2.25. The van der Waals surface area contributed by atoms with Crippen molar-refractivity contribution in [1.82, 2.24) is 4.90 Å². The molecule has 27 heavy (non-hydrogen) atoms. The van der Waals surface area contributed by atoms with Gasteiger partial charge in [0.05, 0.1) is 24.1 Å². The Balaban J connectivity index is 2.21. The van der Waals surface area contributed by atoms with Crippen molar-refractivity contribution in [2.75, 3.05) is 31.3 Å². The minimum Gasteiger partial charge on any atom is -0.496 e. The minimum absolute atomic E-state index is 0.114. The van der Waals surface area contributed by atoms with Gasteiger partial charge in [0.2, 0.25) is 15.9 Å². The molecule has 0 spiro atoms. The number of carbonyl (C=O) groups excluding carboxylic acids is 1. The van der Waals surface area contributed by atoms with Crippen LogP contribution in [0.3, 0.4) is 0 Å². The van der Waals surface area contributed by atoms with Gasteiger partial charge in [-0.15, -0.1) is 0 Å². The van der Waals surface area contributed by atoms with Gasteiger partial charge < -0.3 is 9.64 Å². The first-order chi connectivity index (χ1) is 12.6. The molecule has 0 saturated carbocycles. The summed E-state index contributed by atoms with van der Waals surface area (Å²) in [6, 6.07) is 10.7. The highest BCUT2D eigenvalue weighted by molar-refractivity contribution is 7.92. The van der Waals surface area contributed by atoms with Gasteiger partial charge >= 0.3 is 0 Å². The molecule has 0 N–H and O–H groups in total. The van der Waals surface area contributed by atoms with Crippen molar-refractivity contribution in [3.63, 3.8) is 0 Å². The van der Waals surface area contributed by atoms with Crippen molar-refractivity contribution in [2.45, 2.75) is 6.54 Å². The average Bonchev–Trinajstić information content (AvgIpc) is 2.61. The summed E-state index contributed by atoms with van der Waals surface area (Å²) >= 11 is 5.74. The second kappa shape index (κ2) is 8.58. The second-order valence-electron chi connectivity index (χ2n) is 5.93. The first-order valence-corrected chi connectivity index (χ1v) is 10.1. The Labute approximate surface area is 163 Å². The number of amides is 1. The quantitative estimate of drug-likeness (QED) is 0.698. The van der Waals surface area contributed by atoms with Crippen LogP contribution in [0.25, 0.3) is 0 Å². The molecule has 0 saturated heterocycles. The van der Waals surface area contributed by atoms with Crippen molar-refractivity contribution >= 4 is 33.2 Å². The molecule has 0 bridgehead atoms. The first kappa shape index (κ1) is 21.0. The molecule has 0 aliphatic rings. The standard InChI is InChI=1S/C18H20ClFN2O4S/c1-21(11-13-6-4-5-7-17(13)26-2)18(23)12-22(27(3,24)25)14-8-9-16(20)15(19)10-14/h4-10H,11-12H2,1-3H3. The van der Waals surface area contributed by atoms with Gasteiger partial charge in [0.25, 0.3) is 0 Å². The molecule has 0 fully saturated rings. The fraction of sp³-hybridized carbons (Fsp3) is 0.278. The van der Waals surface area contributed by atoms with E-state index in [0.29, 0.717) is 5.75 Å². The number of likely N-dealkylation sites (N-methyl/N-ethyl adjacent to an activating group) is 1. The van der Waals surface area contributed by atoms with E-state index >= 15 is 0 Å². The number of sulfonamides is 1. The van der Waals surface area contributed by atoms with Gasteiger partial charge in [0.15, 0.2) is 0 Å². The smallest absolute Gasteiger partial charge is 0.243 e. The number of para-hydroxylation sites is 1. The number of ether oxygens (including phenoxy) is 1. The Bertz CT molecular complexity index is 937. The Morgan fingerprint density at radius 1 is 1.22 bits per heavy atom.